The minimum Gasteiger partial charge on any atom is -0.473 e. The predicted molar refractivity (Wildman–Crippen MR) is 131 cm³/mol. The molecule has 0 aliphatic heterocycles. The monoisotopic (exact) mass is 551 g/mol. The fourth-order valence-electron chi connectivity index (χ4n) is 4.51. The first-order chi connectivity index (χ1) is 18.6. The lowest BCUT2D eigenvalue weighted by Crippen LogP contribution is -2.47. The van der Waals surface area contributed by atoms with Crippen LogP contribution in [0, 0.1) is 5.82 Å². The summed E-state index contributed by atoms with van der Waals surface area (Å²) in [5, 5.41) is 25.9. The summed E-state index contributed by atoms with van der Waals surface area (Å²) in [5.41, 5.74) is -0.802. The largest absolute Gasteiger partial charge is 0.473 e. The number of halogens is 4. The fraction of sp³-hybridized carbons (Fsp3) is 0.407. The normalized spacial score (nSPS) is 17.8. The average molecular weight is 552 g/mol. The summed E-state index contributed by atoms with van der Waals surface area (Å²) >= 11 is 0. The van der Waals surface area contributed by atoms with E-state index in [1.54, 1.807) is 0 Å². The summed E-state index contributed by atoms with van der Waals surface area (Å²) in [4.78, 5) is 12.9. The molecule has 1 aromatic heterocycles. The van der Waals surface area contributed by atoms with Crippen LogP contribution in [0.4, 0.5) is 17.6 Å². The van der Waals surface area contributed by atoms with Crippen molar-refractivity contribution in [1.29, 1.82) is 0 Å². The Bertz CT molecular complexity index is 1250. The van der Waals surface area contributed by atoms with Gasteiger partial charge in [-0.25, -0.2) is 9.07 Å². The SMILES string of the molecule is O=C(Cn1nc(C(O)O)cc1OCc1cc(F)ccc1C(F)(F)F)N[C@H]1CCCC[C@@H]1OCc1ccccc1. The average Bonchev–Trinajstić information content (AvgIpc) is 3.29. The zero-order chi connectivity index (χ0) is 28.0. The maximum atomic E-state index is 13.7. The van der Waals surface area contributed by atoms with Crippen LogP contribution in [-0.4, -0.2) is 38.0 Å². The van der Waals surface area contributed by atoms with E-state index in [0.717, 1.165) is 35.6 Å². The van der Waals surface area contributed by atoms with E-state index in [4.69, 9.17) is 9.47 Å². The maximum absolute atomic E-state index is 13.7. The van der Waals surface area contributed by atoms with Crippen LogP contribution < -0.4 is 10.1 Å². The second-order valence-electron chi connectivity index (χ2n) is 9.32. The Morgan fingerprint density at radius 2 is 1.82 bits per heavy atom. The highest BCUT2D eigenvalue weighted by Crippen LogP contribution is 2.33. The molecule has 0 radical (unpaired) electrons. The van der Waals surface area contributed by atoms with Gasteiger partial charge >= 0.3 is 6.18 Å². The number of nitrogens with zero attached hydrogens (tertiary/aromatic N) is 2. The predicted octanol–water partition coefficient (Wildman–Crippen LogP) is 4.25. The van der Waals surface area contributed by atoms with Gasteiger partial charge < -0.3 is 25.0 Å². The van der Waals surface area contributed by atoms with Gasteiger partial charge in [-0.3, -0.25) is 4.79 Å². The van der Waals surface area contributed by atoms with Crippen LogP contribution in [0.15, 0.2) is 54.6 Å². The number of aromatic nitrogens is 2. The number of carbonyl (C=O) groups excluding carboxylic acids is 1. The van der Waals surface area contributed by atoms with Crippen LogP contribution in [0.3, 0.4) is 0 Å². The lowest BCUT2D eigenvalue weighted by Gasteiger charge is -2.32. The first kappa shape index (κ1) is 28.5. The number of rotatable bonds is 10. The van der Waals surface area contributed by atoms with Crippen molar-refractivity contribution < 1.29 is 42.0 Å². The number of hydrogen-bond acceptors (Lipinski definition) is 6. The molecular formula is C27H29F4N3O5. The molecule has 1 aliphatic rings. The smallest absolute Gasteiger partial charge is 0.416 e. The molecule has 210 valence electrons. The summed E-state index contributed by atoms with van der Waals surface area (Å²) in [6, 6.07) is 12.5. The summed E-state index contributed by atoms with van der Waals surface area (Å²) in [6.45, 7) is -0.703. The zero-order valence-electron chi connectivity index (χ0n) is 20.9. The first-order valence-electron chi connectivity index (χ1n) is 12.5. The molecule has 2 atom stereocenters. The number of amides is 1. The van der Waals surface area contributed by atoms with Crippen molar-refractivity contribution in [3.63, 3.8) is 0 Å². The van der Waals surface area contributed by atoms with Gasteiger partial charge in [-0.15, -0.1) is 0 Å². The summed E-state index contributed by atoms with van der Waals surface area (Å²) in [7, 11) is 0. The number of ether oxygens (including phenoxy) is 2. The Kier molecular flexibility index (Phi) is 9.20. The van der Waals surface area contributed by atoms with Gasteiger partial charge in [-0.05, 0) is 36.6 Å². The summed E-state index contributed by atoms with van der Waals surface area (Å²) in [5.74, 6) is -1.53. The molecule has 1 fully saturated rings. The second-order valence-corrected chi connectivity index (χ2v) is 9.32. The summed E-state index contributed by atoms with van der Waals surface area (Å²) in [6.07, 6.45) is -3.62. The number of alkyl halides is 3. The van der Waals surface area contributed by atoms with Crippen molar-refractivity contribution in [2.24, 2.45) is 0 Å². The van der Waals surface area contributed by atoms with Crippen LogP contribution in [0.5, 0.6) is 5.88 Å². The van der Waals surface area contributed by atoms with Gasteiger partial charge in [0, 0.05) is 11.6 Å². The minimum absolute atomic E-state index is 0.189. The maximum Gasteiger partial charge on any atom is 0.416 e. The van der Waals surface area contributed by atoms with E-state index in [9.17, 15) is 32.6 Å². The lowest BCUT2D eigenvalue weighted by atomic mass is 9.92. The van der Waals surface area contributed by atoms with Crippen LogP contribution in [0.2, 0.25) is 0 Å². The van der Waals surface area contributed by atoms with Crippen molar-refractivity contribution in [3.05, 3.63) is 82.8 Å². The number of nitrogens with one attached hydrogen (secondary N) is 1. The molecule has 3 aromatic rings. The molecule has 1 amide bonds. The van der Waals surface area contributed by atoms with E-state index < -0.39 is 48.5 Å². The molecule has 39 heavy (non-hydrogen) atoms. The Balaban J connectivity index is 1.43. The van der Waals surface area contributed by atoms with Crippen LogP contribution >= 0.6 is 0 Å². The Morgan fingerprint density at radius 3 is 2.54 bits per heavy atom. The van der Waals surface area contributed by atoms with E-state index in [0.29, 0.717) is 31.2 Å². The molecule has 0 unspecified atom stereocenters. The number of aliphatic hydroxyl groups is 2. The Hall–Kier alpha value is -3.48. The van der Waals surface area contributed by atoms with E-state index in [1.807, 2.05) is 30.3 Å². The van der Waals surface area contributed by atoms with Gasteiger partial charge in [-0.2, -0.15) is 18.3 Å². The molecule has 0 bridgehead atoms. The van der Waals surface area contributed by atoms with Crippen LogP contribution in [0.25, 0.3) is 0 Å². The highest BCUT2D eigenvalue weighted by atomic mass is 19.4. The van der Waals surface area contributed by atoms with Gasteiger partial charge in [0.25, 0.3) is 0 Å². The minimum atomic E-state index is -4.74. The molecule has 4 rings (SSSR count). The Morgan fingerprint density at radius 1 is 1.08 bits per heavy atom. The molecule has 1 aliphatic carbocycles. The van der Waals surface area contributed by atoms with Gasteiger partial charge in [0.15, 0.2) is 6.29 Å². The molecule has 2 aromatic carbocycles. The number of hydrogen-bond donors (Lipinski definition) is 3. The third-order valence-corrected chi connectivity index (χ3v) is 6.42. The molecule has 1 saturated carbocycles. The molecule has 3 N–H and O–H groups in total. The molecule has 12 heteroatoms. The highest BCUT2D eigenvalue weighted by Gasteiger charge is 2.34. The standard InChI is InChI=1S/C27H29F4N3O5/c28-19-10-11-20(27(29,30)31)18(12-19)16-39-25-13-22(26(36)37)33-34(25)14-24(35)32-21-8-4-5-9-23(21)38-15-17-6-2-1-3-7-17/h1-3,6-7,10-13,21,23,26,36-37H,4-5,8-9,14-16H2,(H,32,35)/t21-,23-/m0/s1. The van der Waals surface area contributed by atoms with Crippen LogP contribution in [0.1, 0.15) is 54.4 Å². The third-order valence-electron chi connectivity index (χ3n) is 6.42. The zero-order valence-corrected chi connectivity index (χ0v) is 20.9. The molecular weight excluding hydrogens is 522 g/mol. The number of carbonyl (C=O) groups is 1. The van der Waals surface area contributed by atoms with Crippen molar-refractivity contribution in [2.75, 3.05) is 0 Å². The van der Waals surface area contributed by atoms with Crippen molar-refractivity contribution in [3.8, 4) is 5.88 Å². The van der Waals surface area contributed by atoms with Gasteiger partial charge in [0.05, 0.1) is 24.3 Å². The van der Waals surface area contributed by atoms with Crippen molar-refractivity contribution >= 4 is 5.91 Å². The lowest BCUT2D eigenvalue weighted by molar-refractivity contribution is -0.138. The van der Waals surface area contributed by atoms with Crippen molar-refractivity contribution in [1.82, 2.24) is 15.1 Å². The topological polar surface area (TPSA) is 106 Å². The molecule has 0 spiro atoms. The number of aliphatic hydroxyl groups excluding tert-OH is 1. The summed E-state index contributed by atoms with van der Waals surface area (Å²) < 4.78 is 66.2. The van der Waals surface area contributed by atoms with E-state index >= 15 is 0 Å². The fourth-order valence-corrected chi connectivity index (χ4v) is 4.51. The van der Waals surface area contributed by atoms with E-state index in [1.165, 1.54) is 0 Å². The van der Waals surface area contributed by atoms with Gasteiger partial charge in [0.2, 0.25) is 11.8 Å². The van der Waals surface area contributed by atoms with E-state index in [2.05, 4.69) is 10.4 Å². The Labute approximate surface area is 222 Å². The second kappa shape index (κ2) is 12.6. The quantitative estimate of drug-likeness (QED) is 0.257. The number of benzene rings is 2. The molecule has 8 nitrogen and oxygen atoms in total. The first-order valence-corrected chi connectivity index (χ1v) is 12.5. The van der Waals surface area contributed by atoms with Crippen LogP contribution in [-0.2, 0) is 35.5 Å². The van der Waals surface area contributed by atoms with Gasteiger partial charge in [-0.1, -0.05) is 43.2 Å². The third kappa shape index (κ3) is 7.78. The highest BCUT2D eigenvalue weighted by molar-refractivity contribution is 5.76. The van der Waals surface area contributed by atoms with E-state index in [-0.39, 0.29) is 23.7 Å². The molecule has 1 heterocycles. The van der Waals surface area contributed by atoms with Crippen molar-refractivity contribution in [2.45, 2.75) is 70.1 Å². The molecule has 0 saturated heterocycles. The van der Waals surface area contributed by atoms with Gasteiger partial charge in [0.1, 0.15) is 24.7 Å².